The van der Waals surface area contributed by atoms with E-state index in [0.29, 0.717) is 0 Å². The van der Waals surface area contributed by atoms with E-state index in [1.54, 1.807) is 0 Å². The van der Waals surface area contributed by atoms with E-state index in [-0.39, 0.29) is 0 Å². The SMILES string of the molecule is CSc1c(-c2ccccc2)ccc2c1ccc1c3ccccc3n(C)c21. The second-order valence-electron chi connectivity index (χ2n) is 6.65. The van der Waals surface area contributed by atoms with Gasteiger partial charge in [-0.2, -0.15) is 0 Å². The van der Waals surface area contributed by atoms with Crippen molar-refractivity contribution in [3.05, 3.63) is 78.9 Å². The molecule has 0 aliphatic heterocycles. The quantitative estimate of drug-likeness (QED) is 0.313. The van der Waals surface area contributed by atoms with Crippen LogP contribution in [0.3, 0.4) is 0 Å². The van der Waals surface area contributed by atoms with Crippen molar-refractivity contribution in [3.63, 3.8) is 0 Å². The van der Waals surface area contributed by atoms with Crippen molar-refractivity contribution in [2.75, 3.05) is 6.26 Å². The predicted molar refractivity (Wildman–Crippen MR) is 115 cm³/mol. The maximum absolute atomic E-state index is 2.33. The van der Waals surface area contributed by atoms with Gasteiger partial charge in [0.05, 0.1) is 5.52 Å². The molecular weight excluding hydrogens is 334 g/mol. The van der Waals surface area contributed by atoms with Crippen LogP contribution < -0.4 is 0 Å². The molecule has 1 heterocycles. The number of aryl methyl sites for hydroxylation is 1. The van der Waals surface area contributed by atoms with Gasteiger partial charge in [-0.1, -0.05) is 72.8 Å². The van der Waals surface area contributed by atoms with Gasteiger partial charge in [0.15, 0.2) is 0 Å². The molecule has 0 fully saturated rings. The Morgan fingerprint density at radius 1 is 0.654 bits per heavy atom. The molecule has 5 aromatic rings. The van der Waals surface area contributed by atoms with Crippen LogP contribution in [-0.2, 0) is 7.05 Å². The fourth-order valence-electron chi connectivity index (χ4n) is 4.12. The summed E-state index contributed by atoms with van der Waals surface area (Å²) in [6.07, 6.45) is 2.17. The summed E-state index contributed by atoms with van der Waals surface area (Å²) in [6, 6.07) is 28.5. The summed E-state index contributed by atoms with van der Waals surface area (Å²) in [4.78, 5) is 1.35. The molecule has 0 unspecified atom stereocenters. The molecule has 2 heteroatoms. The number of para-hydroxylation sites is 1. The van der Waals surface area contributed by atoms with E-state index in [2.05, 4.69) is 96.7 Å². The van der Waals surface area contributed by atoms with Crippen molar-refractivity contribution in [1.29, 1.82) is 0 Å². The molecule has 0 amide bonds. The summed E-state index contributed by atoms with van der Waals surface area (Å²) in [7, 11) is 2.17. The van der Waals surface area contributed by atoms with Gasteiger partial charge >= 0.3 is 0 Å². The molecule has 26 heavy (non-hydrogen) atoms. The van der Waals surface area contributed by atoms with Crippen molar-refractivity contribution in [1.82, 2.24) is 4.57 Å². The van der Waals surface area contributed by atoms with Crippen molar-refractivity contribution in [2.24, 2.45) is 7.05 Å². The Balaban J connectivity index is 1.92. The van der Waals surface area contributed by atoms with Crippen LogP contribution in [0.25, 0.3) is 43.7 Å². The summed E-state index contributed by atoms with van der Waals surface area (Å²) >= 11 is 1.83. The Bertz CT molecular complexity index is 1270. The zero-order chi connectivity index (χ0) is 17.7. The van der Waals surface area contributed by atoms with E-state index in [1.165, 1.54) is 48.6 Å². The molecule has 0 bridgehead atoms. The lowest BCUT2D eigenvalue weighted by atomic mass is 9.99. The summed E-state index contributed by atoms with van der Waals surface area (Å²) in [5.74, 6) is 0. The van der Waals surface area contributed by atoms with Crippen LogP contribution in [0.2, 0.25) is 0 Å². The summed E-state index contributed by atoms with van der Waals surface area (Å²) in [5, 5.41) is 5.31. The highest BCUT2D eigenvalue weighted by Gasteiger charge is 2.15. The Morgan fingerprint density at radius 3 is 2.12 bits per heavy atom. The van der Waals surface area contributed by atoms with Crippen molar-refractivity contribution >= 4 is 44.3 Å². The molecule has 0 aliphatic rings. The molecular formula is C24H19NS. The molecule has 126 valence electrons. The number of nitrogens with zero attached hydrogens (tertiary/aromatic N) is 1. The first-order valence-electron chi connectivity index (χ1n) is 8.82. The van der Waals surface area contributed by atoms with Gasteiger partial charge < -0.3 is 4.57 Å². The lowest BCUT2D eigenvalue weighted by molar-refractivity contribution is 1.02. The van der Waals surface area contributed by atoms with E-state index in [0.717, 1.165) is 0 Å². The van der Waals surface area contributed by atoms with Gasteiger partial charge in [0.25, 0.3) is 0 Å². The van der Waals surface area contributed by atoms with Gasteiger partial charge in [0.1, 0.15) is 0 Å². The summed E-state index contributed by atoms with van der Waals surface area (Å²) in [6.45, 7) is 0. The van der Waals surface area contributed by atoms with Crippen LogP contribution in [-0.4, -0.2) is 10.8 Å². The van der Waals surface area contributed by atoms with E-state index in [1.807, 2.05) is 11.8 Å². The number of thioether (sulfide) groups is 1. The Hall–Kier alpha value is -2.71. The normalized spacial score (nSPS) is 11.6. The topological polar surface area (TPSA) is 4.93 Å². The molecule has 1 nitrogen and oxygen atoms in total. The molecule has 0 saturated carbocycles. The van der Waals surface area contributed by atoms with E-state index >= 15 is 0 Å². The predicted octanol–water partition coefficient (Wildman–Crippen LogP) is 6.87. The van der Waals surface area contributed by atoms with Crippen LogP contribution in [0.1, 0.15) is 0 Å². The minimum absolute atomic E-state index is 1.27. The maximum atomic E-state index is 2.33. The molecule has 0 atom stereocenters. The van der Waals surface area contributed by atoms with E-state index in [9.17, 15) is 0 Å². The van der Waals surface area contributed by atoms with E-state index in [4.69, 9.17) is 0 Å². The maximum Gasteiger partial charge on any atom is 0.0568 e. The molecule has 4 aromatic carbocycles. The molecule has 0 spiro atoms. The monoisotopic (exact) mass is 353 g/mol. The van der Waals surface area contributed by atoms with Gasteiger partial charge in [-0.25, -0.2) is 0 Å². The second-order valence-corrected chi connectivity index (χ2v) is 7.46. The summed E-state index contributed by atoms with van der Waals surface area (Å²) < 4.78 is 2.33. The number of aromatic nitrogens is 1. The zero-order valence-corrected chi connectivity index (χ0v) is 15.7. The van der Waals surface area contributed by atoms with E-state index < -0.39 is 0 Å². The van der Waals surface area contributed by atoms with Crippen LogP contribution in [0.4, 0.5) is 0 Å². The van der Waals surface area contributed by atoms with Crippen LogP contribution in [0.5, 0.6) is 0 Å². The van der Waals surface area contributed by atoms with Gasteiger partial charge in [0, 0.05) is 33.6 Å². The first-order chi connectivity index (χ1) is 12.8. The van der Waals surface area contributed by atoms with Crippen molar-refractivity contribution in [2.45, 2.75) is 4.90 Å². The molecule has 0 radical (unpaired) electrons. The molecule has 0 aliphatic carbocycles. The fourth-order valence-corrected chi connectivity index (χ4v) is 4.92. The smallest absolute Gasteiger partial charge is 0.0568 e. The number of rotatable bonds is 2. The third kappa shape index (κ3) is 2.12. The standard InChI is InChI=1S/C24H19NS/c1-25-22-11-7-6-10-18(22)19-14-15-21-20(23(19)25)13-12-17(24(21)26-2)16-8-4-3-5-9-16/h3-15H,1-2H3. The average Bonchev–Trinajstić information content (AvgIpc) is 3.00. The van der Waals surface area contributed by atoms with Gasteiger partial charge in [-0.3, -0.25) is 0 Å². The Morgan fingerprint density at radius 2 is 1.31 bits per heavy atom. The second kappa shape index (κ2) is 5.93. The minimum atomic E-state index is 1.27. The van der Waals surface area contributed by atoms with Crippen molar-refractivity contribution < 1.29 is 0 Å². The highest BCUT2D eigenvalue weighted by atomic mass is 32.2. The third-order valence-corrected chi connectivity index (χ3v) is 6.15. The lowest BCUT2D eigenvalue weighted by Gasteiger charge is -2.13. The number of hydrogen-bond donors (Lipinski definition) is 0. The number of benzene rings is 4. The Labute approximate surface area is 157 Å². The average molecular weight is 353 g/mol. The lowest BCUT2D eigenvalue weighted by Crippen LogP contribution is -1.90. The van der Waals surface area contributed by atoms with Crippen LogP contribution >= 0.6 is 11.8 Å². The number of hydrogen-bond acceptors (Lipinski definition) is 1. The van der Waals surface area contributed by atoms with Gasteiger partial charge in [-0.15, -0.1) is 11.8 Å². The molecule has 0 N–H and O–H groups in total. The first-order valence-corrected chi connectivity index (χ1v) is 10.0. The minimum Gasteiger partial charge on any atom is -0.343 e. The van der Waals surface area contributed by atoms with Crippen LogP contribution in [0, 0.1) is 0 Å². The zero-order valence-electron chi connectivity index (χ0n) is 14.9. The van der Waals surface area contributed by atoms with Crippen LogP contribution in [0.15, 0.2) is 83.8 Å². The van der Waals surface area contributed by atoms with Gasteiger partial charge in [0.2, 0.25) is 0 Å². The largest absolute Gasteiger partial charge is 0.343 e. The first kappa shape index (κ1) is 15.5. The third-order valence-electron chi connectivity index (χ3n) is 5.30. The molecule has 0 saturated heterocycles. The molecule has 5 rings (SSSR count). The number of fused-ring (bicyclic) bond motifs is 5. The fraction of sp³-hybridized carbons (Fsp3) is 0.0833. The molecule has 1 aromatic heterocycles. The Kier molecular flexibility index (Phi) is 3.54. The van der Waals surface area contributed by atoms with Crippen molar-refractivity contribution in [3.8, 4) is 11.1 Å². The highest BCUT2D eigenvalue weighted by molar-refractivity contribution is 7.99. The highest BCUT2D eigenvalue weighted by Crippen LogP contribution is 2.40. The summed E-state index contributed by atoms with van der Waals surface area (Å²) in [5.41, 5.74) is 5.19. The van der Waals surface area contributed by atoms with Gasteiger partial charge in [-0.05, 0) is 28.8 Å².